The van der Waals surface area contributed by atoms with Crippen molar-refractivity contribution in [2.45, 2.75) is 6.92 Å². The number of thiocarbonyl (C=S) groups is 1. The largest absolute Gasteiger partial charge is 0.493 e. The van der Waals surface area contributed by atoms with Crippen molar-refractivity contribution in [3.05, 3.63) is 76.7 Å². The number of methoxy groups -OCH3 is 1. The summed E-state index contributed by atoms with van der Waals surface area (Å²) in [7, 11) is 1.51. The van der Waals surface area contributed by atoms with E-state index in [4.69, 9.17) is 31.2 Å². The summed E-state index contributed by atoms with van der Waals surface area (Å²) in [5.74, 6) is 1.52. The van der Waals surface area contributed by atoms with Gasteiger partial charge in [0.15, 0.2) is 33.9 Å². The van der Waals surface area contributed by atoms with Crippen molar-refractivity contribution < 1.29 is 28.5 Å². The maximum atomic E-state index is 13.2. The van der Waals surface area contributed by atoms with Crippen LogP contribution < -0.4 is 29.2 Å². The van der Waals surface area contributed by atoms with Gasteiger partial charge in [0.1, 0.15) is 0 Å². The first-order valence-electron chi connectivity index (χ1n) is 11.3. The van der Waals surface area contributed by atoms with E-state index in [2.05, 4.69) is 5.32 Å². The smallest absolute Gasteiger partial charge is 0.270 e. The van der Waals surface area contributed by atoms with E-state index < -0.39 is 0 Å². The molecule has 0 aliphatic carbocycles. The second-order valence-electron chi connectivity index (χ2n) is 8.17. The van der Waals surface area contributed by atoms with Crippen LogP contribution in [0, 0.1) is 6.92 Å². The Hall–Kier alpha value is -4.02. The number of amides is 2. The number of ether oxygens (including phenoxy) is 4. The van der Waals surface area contributed by atoms with E-state index in [-0.39, 0.29) is 25.2 Å². The van der Waals surface area contributed by atoms with Gasteiger partial charge in [0.2, 0.25) is 6.79 Å². The Labute approximate surface area is 223 Å². The first-order valence-corrected chi connectivity index (χ1v) is 12.5. The van der Waals surface area contributed by atoms with Gasteiger partial charge in [-0.25, -0.2) is 0 Å². The normalized spacial score (nSPS) is 15.3. The molecule has 2 aliphatic rings. The van der Waals surface area contributed by atoms with Crippen molar-refractivity contribution in [1.82, 2.24) is 0 Å². The number of benzene rings is 3. The van der Waals surface area contributed by atoms with Crippen LogP contribution in [0.3, 0.4) is 0 Å². The zero-order valence-electron chi connectivity index (χ0n) is 20.0. The number of fused-ring (bicyclic) bond motifs is 1. The summed E-state index contributed by atoms with van der Waals surface area (Å²) in [6.07, 6.45) is 1.74. The van der Waals surface area contributed by atoms with Crippen LogP contribution in [-0.4, -0.2) is 36.6 Å². The van der Waals surface area contributed by atoms with E-state index >= 15 is 0 Å². The molecular formula is C27H22N2O6S2. The average Bonchev–Trinajstić information content (AvgIpc) is 3.46. The van der Waals surface area contributed by atoms with Gasteiger partial charge in [-0.1, -0.05) is 42.2 Å². The summed E-state index contributed by atoms with van der Waals surface area (Å²) in [5, 5.41) is 2.80. The fourth-order valence-corrected chi connectivity index (χ4v) is 5.12. The summed E-state index contributed by atoms with van der Waals surface area (Å²) in [5.41, 5.74) is 3.08. The second kappa shape index (κ2) is 10.5. The molecule has 37 heavy (non-hydrogen) atoms. The Morgan fingerprint density at radius 3 is 2.76 bits per heavy atom. The van der Waals surface area contributed by atoms with Crippen molar-refractivity contribution in [3.63, 3.8) is 0 Å². The number of carbonyl (C=O) groups is 2. The van der Waals surface area contributed by atoms with Gasteiger partial charge in [-0.15, -0.1) is 0 Å². The number of thioether (sulfide) groups is 1. The zero-order valence-corrected chi connectivity index (χ0v) is 21.6. The molecule has 0 atom stereocenters. The molecule has 0 bridgehead atoms. The van der Waals surface area contributed by atoms with Crippen LogP contribution in [0.1, 0.15) is 11.1 Å². The van der Waals surface area contributed by atoms with E-state index in [1.54, 1.807) is 42.5 Å². The van der Waals surface area contributed by atoms with Gasteiger partial charge >= 0.3 is 0 Å². The molecule has 5 rings (SSSR count). The SMILES string of the molecule is COc1cc(/C=C2/SC(=S)N(c3ccc4c(c3)OCO4)C2=O)ccc1OCC(=O)Nc1cccc(C)c1. The lowest BCUT2D eigenvalue weighted by atomic mass is 10.1. The Bertz CT molecular complexity index is 1440. The van der Waals surface area contributed by atoms with E-state index in [0.29, 0.717) is 43.6 Å². The van der Waals surface area contributed by atoms with Crippen LogP contribution in [0.25, 0.3) is 6.08 Å². The Morgan fingerprint density at radius 2 is 1.95 bits per heavy atom. The fraction of sp³-hybridized carbons (Fsp3) is 0.148. The van der Waals surface area contributed by atoms with Gasteiger partial charge in [0, 0.05) is 11.8 Å². The zero-order chi connectivity index (χ0) is 25.9. The number of anilines is 2. The molecule has 10 heteroatoms. The van der Waals surface area contributed by atoms with Gasteiger partial charge in [-0.3, -0.25) is 14.5 Å². The number of hydrogen-bond acceptors (Lipinski definition) is 8. The molecule has 1 N–H and O–H groups in total. The minimum Gasteiger partial charge on any atom is -0.493 e. The molecule has 0 aromatic heterocycles. The molecule has 2 amide bonds. The lowest BCUT2D eigenvalue weighted by Gasteiger charge is -2.14. The minimum atomic E-state index is -0.288. The highest BCUT2D eigenvalue weighted by Crippen LogP contribution is 2.41. The average molecular weight is 535 g/mol. The number of rotatable bonds is 7. The predicted octanol–water partition coefficient (Wildman–Crippen LogP) is 5.16. The Morgan fingerprint density at radius 1 is 1.11 bits per heavy atom. The summed E-state index contributed by atoms with van der Waals surface area (Å²) in [6.45, 7) is 1.92. The van der Waals surface area contributed by atoms with Crippen LogP contribution in [0.15, 0.2) is 65.6 Å². The molecule has 8 nitrogen and oxygen atoms in total. The third-order valence-corrected chi connectivity index (χ3v) is 6.86. The summed E-state index contributed by atoms with van der Waals surface area (Å²) >= 11 is 6.69. The van der Waals surface area contributed by atoms with Gasteiger partial charge < -0.3 is 24.3 Å². The molecule has 1 fully saturated rings. The highest BCUT2D eigenvalue weighted by molar-refractivity contribution is 8.27. The molecule has 188 valence electrons. The van der Waals surface area contributed by atoms with Gasteiger partial charge in [-0.2, -0.15) is 0 Å². The molecule has 2 heterocycles. The van der Waals surface area contributed by atoms with E-state index in [0.717, 1.165) is 11.1 Å². The van der Waals surface area contributed by atoms with E-state index in [1.807, 2.05) is 31.2 Å². The van der Waals surface area contributed by atoms with Crippen molar-refractivity contribution in [2.75, 3.05) is 30.7 Å². The molecule has 0 radical (unpaired) electrons. The highest BCUT2D eigenvalue weighted by Gasteiger charge is 2.34. The van der Waals surface area contributed by atoms with Crippen molar-refractivity contribution in [2.24, 2.45) is 0 Å². The molecule has 0 unspecified atom stereocenters. The summed E-state index contributed by atoms with van der Waals surface area (Å²) in [4.78, 5) is 27.4. The third kappa shape index (κ3) is 5.40. The molecule has 3 aromatic rings. The molecule has 0 spiro atoms. The minimum absolute atomic E-state index is 0.149. The van der Waals surface area contributed by atoms with Crippen LogP contribution in [0.4, 0.5) is 11.4 Å². The lowest BCUT2D eigenvalue weighted by Crippen LogP contribution is -2.27. The van der Waals surface area contributed by atoms with Crippen LogP contribution in [0.2, 0.25) is 0 Å². The summed E-state index contributed by atoms with van der Waals surface area (Å²) < 4.78 is 22.3. The maximum Gasteiger partial charge on any atom is 0.270 e. The molecule has 1 saturated heterocycles. The van der Waals surface area contributed by atoms with Crippen molar-refractivity contribution >= 4 is 57.6 Å². The van der Waals surface area contributed by atoms with Crippen molar-refractivity contribution in [3.8, 4) is 23.0 Å². The van der Waals surface area contributed by atoms with Crippen LogP contribution in [-0.2, 0) is 9.59 Å². The fourth-order valence-electron chi connectivity index (χ4n) is 3.82. The van der Waals surface area contributed by atoms with Gasteiger partial charge in [0.05, 0.1) is 17.7 Å². The Kier molecular flexibility index (Phi) is 7.02. The molecule has 2 aliphatic heterocycles. The van der Waals surface area contributed by atoms with E-state index in [9.17, 15) is 9.59 Å². The third-order valence-electron chi connectivity index (χ3n) is 5.55. The molecule has 0 saturated carbocycles. The number of carbonyl (C=O) groups excluding carboxylic acids is 2. The lowest BCUT2D eigenvalue weighted by molar-refractivity contribution is -0.118. The predicted molar refractivity (Wildman–Crippen MR) is 147 cm³/mol. The standard InChI is InChI=1S/C27H22N2O6S2/c1-16-4-3-5-18(10-16)28-25(30)14-33-20-8-6-17(11-22(20)32-2)12-24-26(31)29(27(36)37-24)19-7-9-21-23(13-19)35-15-34-21/h3-13H,14-15H2,1-2H3,(H,28,30)/b24-12+. The number of hydrogen-bond donors (Lipinski definition) is 1. The second-order valence-corrected chi connectivity index (χ2v) is 9.85. The van der Waals surface area contributed by atoms with Crippen molar-refractivity contribution in [1.29, 1.82) is 0 Å². The van der Waals surface area contributed by atoms with Gasteiger partial charge in [0.25, 0.3) is 11.8 Å². The first-order chi connectivity index (χ1) is 17.9. The topological polar surface area (TPSA) is 86.3 Å². The number of nitrogens with zero attached hydrogens (tertiary/aromatic N) is 1. The van der Waals surface area contributed by atoms with Crippen LogP contribution >= 0.6 is 24.0 Å². The van der Waals surface area contributed by atoms with Gasteiger partial charge in [-0.05, 0) is 60.5 Å². The first kappa shape index (κ1) is 24.7. The highest BCUT2D eigenvalue weighted by atomic mass is 32.2. The number of nitrogens with one attached hydrogen (secondary N) is 1. The van der Waals surface area contributed by atoms with Crippen LogP contribution in [0.5, 0.6) is 23.0 Å². The van der Waals surface area contributed by atoms with E-state index in [1.165, 1.54) is 23.8 Å². The monoisotopic (exact) mass is 534 g/mol. The maximum absolute atomic E-state index is 13.2. The summed E-state index contributed by atoms with van der Waals surface area (Å²) in [6, 6.07) is 18.0. The molecular weight excluding hydrogens is 512 g/mol. The molecule has 3 aromatic carbocycles. The number of aryl methyl sites for hydroxylation is 1. The Balaban J connectivity index is 1.27. The quantitative estimate of drug-likeness (QED) is 0.329.